The van der Waals surface area contributed by atoms with Crippen LogP contribution in [0.3, 0.4) is 0 Å². The van der Waals surface area contributed by atoms with Crippen LogP contribution in [0, 0.1) is 5.82 Å². The molecule has 0 aliphatic carbocycles. The highest BCUT2D eigenvalue weighted by Crippen LogP contribution is 2.29. The van der Waals surface area contributed by atoms with Gasteiger partial charge in [0.2, 0.25) is 0 Å². The Bertz CT molecular complexity index is 687. The van der Waals surface area contributed by atoms with E-state index in [-0.39, 0.29) is 18.0 Å². The molecule has 1 N–H and O–H groups in total. The van der Waals surface area contributed by atoms with E-state index >= 15 is 0 Å². The number of benzene rings is 2. The van der Waals surface area contributed by atoms with Gasteiger partial charge in [-0.15, -0.1) is 0 Å². The van der Waals surface area contributed by atoms with Crippen LogP contribution in [0.25, 0.3) is 0 Å². The molecule has 0 aliphatic rings. The Morgan fingerprint density at radius 1 is 1.04 bits per heavy atom. The van der Waals surface area contributed by atoms with Gasteiger partial charge in [0.15, 0.2) is 11.5 Å². The number of hydrogen-bond acceptors (Lipinski definition) is 4. The molecule has 1 unspecified atom stereocenters. The smallest absolute Gasteiger partial charge is 0.161 e. The van der Waals surface area contributed by atoms with Gasteiger partial charge in [-0.2, -0.15) is 0 Å². The number of rotatable bonds is 9. The van der Waals surface area contributed by atoms with E-state index in [1.54, 1.807) is 7.11 Å². The van der Waals surface area contributed by atoms with Crippen LogP contribution < -0.4 is 14.8 Å². The molecule has 0 heterocycles. The Hall–Kier alpha value is -2.11. The second-order valence-electron chi connectivity index (χ2n) is 6.81. The topological polar surface area (TPSA) is 33.7 Å². The molecule has 5 heteroatoms. The summed E-state index contributed by atoms with van der Waals surface area (Å²) < 4.78 is 24.3. The lowest BCUT2D eigenvalue weighted by Gasteiger charge is -2.25. The van der Waals surface area contributed by atoms with Crippen LogP contribution in [0.5, 0.6) is 11.5 Å². The Balaban J connectivity index is 1.99. The molecule has 0 spiro atoms. The lowest BCUT2D eigenvalue weighted by molar-refractivity contribution is 0.230. The number of nitrogens with zero attached hydrogens (tertiary/aromatic N) is 1. The molecular weight excluding hydrogens is 331 g/mol. The third kappa shape index (κ3) is 5.71. The molecule has 0 bridgehead atoms. The van der Waals surface area contributed by atoms with Gasteiger partial charge in [-0.25, -0.2) is 4.39 Å². The standard InChI is InChI=1S/C21H29FN2O2/c1-15(2)26-20-11-6-16(12-21(20)25-5)13-23-14-19(24(3)4)17-7-9-18(22)10-8-17/h6-12,15,19,23H,13-14H2,1-5H3. The molecule has 4 nitrogen and oxygen atoms in total. The second-order valence-corrected chi connectivity index (χ2v) is 6.81. The van der Waals surface area contributed by atoms with Gasteiger partial charge in [-0.1, -0.05) is 18.2 Å². The fraction of sp³-hybridized carbons (Fsp3) is 0.429. The Morgan fingerprint density at radius 3 is 2.31 bits per heavy atom. The van der Waals surface area contributed by atoms with E-state index in [2.05, 4.69) is 10.2 Å². The maximum absolute atomic E-state index is 13.2. The van der Waals surface area contributed by atoms with Crippen molar-refractivity contribution in [3.05, 3.63) is 59.4 Å². The number of nitrogens with one attached hydrogen (secondary N) is 1. The first kappa shape index (κ1) is 20.2. The van der Waals surface area contributed by atoms with Crippen LogP contribution >= 0.6 is 0 Å². The van der Waals surface area contributed by atoms with E-state index in [1.165, 1.54) is 12.1 Å². The third-order valence-corrected chi connectivity index (χ3v) is 4.14. The van der Waals surface area contributed by atoms with Crippen molar-refractivity contribution in [3.63, 3.8) is 0 Å². The normalized spacial score (nSPS) is 12.5. The lowest BCUT2D eigenvalue weighted by Crippen LogP contribution is -2.30. The summed E-state index contributed by atoms with van der Waals surface area (Å²) in [6.07, 6.45) is 0.101. The zero-order valence-electron chi connectivity index (χ0n) is 16.3. The van der Waals surface area contributed by atoms with Gasteiger partial charge in [-0.05, 0) is 63.3 Å². The van der Waals surface area contributed by atoms with Crippen molar-refractivity contribution in [1.29, 1.82) is 0 Å². The molecule has 26 heavy (non-hydrogen) atoms. The van der Waals surface area contributed by atoms with E-state index in [0.29, 0.717) is 6.54 Å². The largest absolute Gasteiger partial charge is 0.493 e. The summed E-state index contributed by atoms with van der Waals surface area (Å²) in [6.45, 7) is 5.45. The van der Waals surface area contributed by atoms with Crippen LogP contribution in [-0.4, -0.2) is 38.8 Å². The summed E-state index contributed by atoms with van der Waals surface area (Å²) in [7, 11) is 5.70. The third-order valence-electron chi connectivity index (χ3n) is 4.14. The fourth-order valence-electron chi connectivity index (χ4n) is 2.81. The highest BCUT2D eigenvalue weighted by molar-refractivity contribution is 5.43. The van der Waals surface area contributed by atoms with Gasteiger partial charge in [0, 0.05) is 19.1 Å². The van der Waals surface area contributed by atoms with Crippen LogP contribution in [-0.2, 0) is 6.54 Å². The molecule has 0 saturated carbocycles. The summed E-state index contributed by atoms with van der Waals surface area (Å²) in [5.74, 6) is 1.28. The summed E-state index contributed by atoms with van der Waals surface area (Å²) in [5.41, 5.74) is 2.21. The zero-order chi connectivity index (χ0) is 19.1. The van der Waals surface area contributed by atoms with Gasteiger partial charge in [-0.3, -0.25) is 0 Å². The molecule has 2 aromatic rings. The molecular formula is C21H29FN2O2. The number of ether oxygens (including phenoxy) is 2. The van der Waals surface area contributed by atoms with E-state index in [9.17, 15) is 4.39 Å². The summed E-state index contributed by atoms with van der Waals surface area (Å²) in [4.78, 5) is 2.13. The number of likely N-dealkylation sites (N-methyl/N-ethyl adjacent to an activating group) is 1. The minimum atomic E-state index is -0.213. The van der Waals surface area contributed by atoms with Crippen LogP contribution in [0.2, 0.25) is 0 Å². The molecule has 1 atom stereocenters. The molecule has 0 aromatic heterocycles. The monoisotopic (exact) mass is 360 g/mol. The van der Waals surface area contributed by atoms with Crippen molar-refractivity contribution in [2.75, 3.05) is 27.7 Å². The summed E-state index contributed by atoms with van der Waals surface area (Å²) >= 11 is 0. The van der Waals surface area contributed by atoms with Gasteiger partial charge in [0.05, 0.1) is 13.2 Å². The Labute approximate surface area is 155 Å². The SMILES string of the molecule is COc1cc(CNCC(c2ccc(F)cc2)N(C)C)ccc1OC(C)C. The first-order chi connectivity index (χ1) is 12.4. The molecule has 0 saturated heterocycles. The zero-order valence-corrected chi connectivity index (χ0v) is 16.3. The maximum Gasteiger partial charge on any atom is 0.161 e. The minimum absolute atomic E-state index is 0.101. The first-order valence-corrected chi connectivity index (χ1v) is 8.87. The first-order valence-electron chi connectivity index (χ1n) is 8.87. The van der Waals surface area contributed by atoms with Crippen molar-refractivity contribution in [2.45, 2.75) is 32.5 Å². The summed E-state index contributed by atoms with van der Waals surface area (Å²) in [6, 6.07) is 12.8. The molecule has 2 rings (SSSR count). The quantitative estimate of drug-likeness (QED) is 0.732. The number of methoxy groups -OCH3 is 1. The Kier molecular flexibility index (Phi) is 7.42. The Morgan fingerprint density at radius 2 is 1.73 bits per heavy atom. The van der Waals surface area contributed by atoms with Gasteiger partial charge >= 0.3 is 0 Å². The molecule has 2 aromatic carbocycles. The average Bonchev–Trinajstić information content (AvgIpc) is 2.60. The molecule has 0 aliphatic heterocycles. The van der Waals surface area contributed by atoms with Gasteiger partial charge in [0.25, 0.3) is 0 Å². The van der Waals surface area contributed by atoms with Crippen molar-refractivity contribution < 1.29 is 13.9 Å². The van der Waals surface area contributed by atoms with E-state index < -0.39 is 0 Å². The molecule has 0 radical (unpaired) electrons. The van der Waals surface area contributed by atoms with Gasteiger partial charge in [0.1, 0.15) is 5.82 Å². The van der Waals surface area contributed by atoms with Crippen LogP contribution in [0.1, 0.15) is 31.0 Å². The van der Waals surface area contributed by atoms with Crippen molar-refractivity contribution >= 4 is 0 Å². The molecule has 0 amide bonds. The lowest BCUT2D eigenvalue weighted by atomic mass is 10.1. The highest BCUT2D eigenvalue weighted by Gasteiger charge is 2.14. The highest BCUT2D eigenvalue weighted by atomic mass is 19.1. The minimum Gasteiger partial charge on any atom is -0.493 e. The predicted octanol–water partition coefficient (Wildman–Crippen LogP) is 4.01. The maximum atomic E-state index is 13.2. The van der Waals surface area contributed by atoms with E-state index in [1.807, 2.05) is 58.3 Å². The van der Waals surface area contributed by atoms with Crippen LogP contribution in [0.15, 0.2) is 42.5 Å². The van der Waals surface area contributed by atoms with Gasteiger partial charge < -0.3 is 19.7 Å². The predicted molar refractivity (Wildman–Crippen MR) is 103 cm³/mol. The van der Waals surface area contributed by atoms with E-state index in [0.717, 1.165) is 29.2 Å². The summed E-state index contributed by atoms with van der Waals surface area (Å²) in [5, 5.41) is 3.48. The van der Waals surface area contributed by atoms with Crippen molar-refractivity contribution in [1.82, 2.24) is 10.2 Å². The van der Waals surface area contributed by atoms with Crippen LogP contribution in [0.4, 0.5) is 4.39 Å². The average molecular weight is 360 g/mol. The molecule has 142 valence electrons. The van der Waals surface area contributed by atoms with Crippen molar-refractivity contribution in [2.24, 2.45) is 0 Å². The second kappa shape index (κ2) is 9.55. The number of hydrogen-bond donors (Lipinski definition) is 1. The fourth-order valence-corrected chi connectivity index (χ4v) is 2.81. The van der Waals surface area contributed by atoms with E-state index in [4.69, 9.17) is 9.47 Å². The van der Waals surface area contributed by atoms with Crippen molar-refractivity contribution in [3.8, 4) is 11.5 Å². The molecule has 0 fully saturated rings. The number of halogens is 1.